The number of hydrogen-bond acceptors (Lipinski definition) is 4. The van der Waals surface area contributed by atoms with Gasteiger partial charge in [-0.2, -0.15) is 0 Å². The molecule has 0 aliphatic carbocycles. The third kappa shape index (κ3) is 2.92. The molecule has 15 heavy (non-hydrogen) atoms. The van der Waals surface area contributed by atoms with E-state index in [1.807, 2.05) is 0 Å². The first-order valence-electron chi connectivity index (χ1n) is 4.22. The van der Waals surface area contributed by atoms with E-state index in [-0.39, 0.29) is 24.9 Å². The van der Waals surface area contributed by atoms with Gasteiger partial charge in [-0.25, -0.2) is 0 Å². The highest BCUT2D eigenvalue weighted by molar-refractivity contribution is 7.26. The zero-order valence-corrected chi connectivity index (χ0v) is 10.3. The summed E-state index contributed by atoms with van der Waals surface area (Å²) >= 11 is 3.43. The molecule has 3 N–H and O–H groups in total. The molecule has 0 bridgehead atoms. The molecule has 0 fully saturated rings. The van der Waals surface area contributed by atoms with Crippen LogP contribution in [0.25, 0.3) is 9.40 Å². The number of carbonyl (C=O) groups excluding carboxylic acids is 1. The molecule has 2 aromatic rings. The Morgan fingerprint density at radius 1 is 1.47 bits per heavy atom. The minimum absolute atomic E-state index is 0. The van der Waals surface area contributed by atoms with Crippen molar-refractivity contribution in [2.45, 2.75) is 6.54 Å². The fourth-order valence-electron chi connectivity index (χ4n) is 1.16. The Morgan fingerprint density at radius 3 is 2.93 bits per heavy atom. The quantitative estimate of drug-likeness (QED) is 0.889. The molecule has 3 nitrogen and oxygen atoms in total. The molecule has 2 heterocycles. The number of halogens is 1. The zero-order chi connectivity index (χ0) is 9.97. The lowest BCUT2D eigenvalue weighted by molar-refractivity contribution is -0.119. The van der Waals surface area contributed by atoms with Crippen molar-refractivity contribution >= 4 is 50.4 Å². The van der Waals surface area contributed by atoms with E-state index < -0.39 is 0 Å². The van der Waals surface area contributed by atoms with Crippen LogP contribution in [0.4, 0.5) is 0 Å². The standard InChI is InChI=1S/C9H10N2OS2.ClH/c10-4-9(12)11-5-6-3-8-7(14-6)1-2-13-8;/h1-3H,4-5,10H2,(H,11,12);1H. The number of rotatable bonds is 3. The molecule has 0 radical (unpaired) electrons. The molecule has 0 atom stereocenters. The Hall–Kier alpha value is -0.620. The van der Waals surface area contributed by atoms with Gasteiger partial charge in [0.15, 0.2) is 0 Å². The molecule has 82 valence electrons. The summed E-state index contributed by atoms with van der Waals surface area (Å²) in [7, 11) is 0. The van der Waals surface area contributed by atoms with Crippen LogP contribution in [0.5, 0.6) is 0 Å². The van der Waals surface area contributed by atoms with Crippen LogP contribution in [0.15, 0.2) is 17.5 Å². The molecule has 0 aliphatic rings. The first kappa shape index (κ1) is 12.4. The van der Waals surface area contributed by atoms with Crippen LogP contribution in [-0.4, -0.2) is 12.5 Å². The van der Waals surface area contributed by atoms with Crippen molar-refractivity contribution in [1.82, 2.24) is 5.32 Å². The third-order valence-electron chi connectivity index (χ3n) is 1.84. The van der Waals surface area contributed by atoms with Crippen molar-refractivity contribution in [2.75, 3.05) is 6.54 Å². The predicted molar refractivity (Wildman–Crippen MR) is 67.9 cm³/mol. The Morgan fingerprint density at radius 2 is 2.27 bits per heavy atom. The van der Waals surface area contributed by atoms with Crippen LogP contribution in [0.1, 0.15) is 4.88 Å². The minimum atomic E-state index is -0.109. The van der Waals surface area contributed by atoms with Gasteiger partial charge >= 0.3 is 0 Å². The Balaban J connectivity index is 0.00000112. The fraction of sp³-hybridized carbons (Fsp3) is 0.222. The summed E-state index contributed by atoms with van der Waals surface area (Å²) in [5, 5.41) is 4.82. The minimum Gasteiger partial charge on any atom is -0.350 e. The highest BCUT2D eigenvalue weighted by Gasteiger charge is 2.03. The van der Waals surface area contributed by atoms with Gasteiger partial charge in [-0.15, -0.1) is 35.1 Å². The Bertz CT molecular complexity index is 423. The predicted octanol–water partition coefficient (Wildman–Crippen LogP) is 1.96. The monoisotopic (exact) mass is 262 g/mol. The van der Waals surface area contributed by atoms with Crippen LogP contribution in [0.3, 0.4) is 0 Å². The Labute approximate surface area is 102 Å². The van der Waals surface area contributed by atoms with Crippen molar-refractivity contribution in [3.8, 4) is 0 Å². The molecule has 2 rings (SSSR count). The van der Waals surface area contributed by atoms with Crippen molar-refractivity contribution in [3.63, 3.8) is 0 Å². The largest absolute Gasteiger partial charge is 0.350 e. The van der Waals surface area contributed by atoms with E-state index in [2.05, 4.69) is 22.8 Å². The molecule has 0 saturated heterocycles. The smallest absolute Gasteiger partial charge is 0.234 e. The lowest BCUT2D eigenvalue weighted by Gasteiger charge is -1.99. The summed E-state index contributed by atoms with van der Waals surface area (Å²) in [4.78, 5) is 12.1. The summed E-state index contributed by atoms with van der Waals surface area (Å²) in [5.41, 5.74) is 5.18. The average molecular weight is 263 g/mol. The normalized spacial score (nSPS) is 9.93. The molecule has 6 heteroatoms. The summed E-state index contributed by atoms with van der Waals surface area (Å²) in [6, 6.07) is 4.21. The molecule has 0 spiro atoms. The van der Waals surface area contributed by atoms with Crippen LogP contribution < -0.4 is 11.1 Å². The van der Waals surface area contributed by atoms with Crippen LogP contribution in [0.2, 0.25) is 0 Å². The number of thiophene rings is 2. The lowest BCUT2D eigenvalue weighted by atomic mass is 10.4. The zero-order valence-electron chi connectivity index (χ0n) is 7.86. The molecule has 0 unspecified atom stereocenters. The number of hydrogen-bond donors (Lipinski definition) is 2. The van der Waals surface area contributed by atoms with Gasteiger partial charge < -0.3 is 11.1 Å². The number of fused-ring (bicyclic) bond motifs is 1. The van der Waals surface area contributed by atoms with Gasteiger partial charge in [-0.1, -0.05) is 0 Å². The molecule has 1 amide bonds. The van der Waals surface area contributed by atoms with Crippen LogP contribution >= 0.6 is 35.1 Å². The van der Waals surface area contributed by atoms with Crippen molar-refractivity contribution in [1.29, 1.82) is 0 Å². The number of nitrogens with one attached hydrogen (secondary N) is 1. The summed E-state index contributed by atoms with van der Waals surface area (Å²) < 4.78 is 2.57. The second-order valence-electron chi connectivity index (χ2n) is 2.84. The van der Waals surface area contributed by atoms with E-state index in [4.69, 9.17) is 5.73 Å². The second kappa shape index (κ2) is 5.46. The van der Waals surface area contributed by atoms with Gasteiger partial charge in [0.05, 0.1) is 13.1 Å². The Kier molecular flexibility index (Phi) is 4.53. The highest BCUT2D eigenvalue weighted by atomic mass is 35.5. The van der Waals surface area contributed by atoms with E-state index in [9.17, 15) is 4.79 Å². The molecule has 0 saturated carbocycles. The van der Waals surface area contributed by atoms with Gasteiger partial charge in [0.25, 0.3) is 0 Å². The first-order chi connectivity index (χ1) is 6.79. The van der Waals surface area contributed by atoms with Crippen molar-refractivity contribution < 1.29 is 4.79 Å². The number of amides is 1. The molecule has 0 aromatic carbocycles. The number of carbonyl (C=O) groups is 1. The van der Waals surface area contributed by atoms with E-state index in [0.717, 1.165) is 0 Å². The highest BCUT2D eigenvalue weighted by Crippen LogP contribution is 2.29. The van der Waals surface area contributed by atoms with E-state index in [1.165, 1.54) is 14.3 Å². The third-order valence-corrected chi connectivity index (χ3v) is 3.93. The van der Waals surface area contributed by atoms with E-state index >= 15 is 0 Å². The van der Waals surface area contributed by atoms with E-state index in [0.29, 0.717) is 6.54 Å². The van der Waals surface area contributed by atoms with E-state index in [1.54, 1.807) is 22.7 Å². The molecule has 2 aromatic heterocycles. The average Bonchev–Trinajstić information content (AvgIpc) is 2.73. The number of nitrogens with two attached hydrogens (primary N) is 1. The molecule has 0 aliphatic heterocycles. The van der Waals surface area contributed by atoms with Gasteiger partial charge in [0.2, 0.25) is 5.91 Å². The van der Waals surface area contributed by atoms with Crippen molar-refractivity contribution in [3.05, 3.63) is 22.4 Å². The first-order valence-corrected chi connectivity index (χ1v) is 5.92. The molecular weight excluding hydrogens is 252 g/mol. The lowest BCUT2D eigenvalue weighted by Crippen LogP contribution is -2.29. The maximum absolute atomic E-state index is 10.9. The SMILES string of the molecule is Cl.NCC(=O)NCc1cc2sccc2s1. The van der Waals surface area contributed by atoms with Gasteiger partial charge in [-0.05, 0) is 17.5 Å². The van der Waals surface area contributed by atoms with Crippen LogP contribution in [-0.2, 0) is 11.3 Å². The van der Waals surface area contributed by atoms with Gasteiger partial charge in [-0.3, -0.25) is 4.79 Å². The topological polar surface area (TPSA) is 55.1 Å². The summed E-state index contributed by atoms with van der Waals surface area (Å²) in [6.07, 6.45) is 0. The summed E-state index contributed by atoms with van der Waals surface area (Å²) in [5.74, 6) is -0.109. The summed E-state index contributed by atoms with van der Waals surface area (Å²) in [6.45, 7) is 0.641. The molecular formula is C9H11ClN2OS2. The van der Waals surface area contributed by atoms with Crippen molar-refractivity contribution in [2.24, 2.45) is 5.73 Å². The van der Waals surface area contributed by atoms with Gasteiger partial charge in [0.1, 0.15) is 0 Å². The maximum atomic E-state index is 10.9. The maximum Gasteiger partial charge on any atom is 0.234 e. The van der Waals surface area contributed by atoms with Gasteiger partial charge in [0, 0.05) is 14.3 Å². The van der Waals surface area contributed by atoms with Crippen LogP contribution in [0, 0.1) is 0 Å². The second-order valence-corrected chi connectivity index (χ2v) is 4.96. The fourth-order valence-corrected chi connectivity index (χ4v) is 3.24.